The van der Waals surface area contributed by atoms with Crippen molar-refractivity contribution in [2.45, 2.75) is 39.2 Å². The van der Waals surface area contributed by atoms with Crippen LogP contribution in [0, 0.1) is 0 Å². The molecule has 126 valence electrons. The third-order valence-corrected chi connectivity index (χ3v) is 5.55. The average molecular weight is 360 g/mol. The molecule has 2 aliphatic rings. The first-order valence-corrected chi connectivity index (χ1v) is 9.55. The summed E-state index contributed by atoms with van der Waals surface area (Å²) in [5, 5.41) is 0. The lowest BCUT2D eigenvalue weighted by Crippen LogP contribution is -2.29. The fourth-order valence-electron chi connectivity index (χ4n) is 2.79. The van der Waals surface area contributed by atoms with E-state index in [0.29, 0.717) is 15.8 Å². The highest BCUT2D eigenvalue weighted by molar-refractivity contribution is 8.26. The van der Waals surface area contributed by atoms with Crippen molar-refractivity contribution < 1.29 is 9.53 Å². The standard InChI is InChI=1S/C19H21NO2S2/c1-3-4-7-10-20-18(21)17(24-19(20)23)12-15-11-14-8-5-6-9-16(14)22-13(15)2/h5-6,8-9,11-13H,3-4,7,10H2,1-2H3/b17-12+. The predicted molar refractivity (Wildman–Crippen MR) is 104 cm³/mol. The smallest absolute Gasteiger partial charge is 0.266 e. The van der Waals surface area contributed by atoms with E-state index in [2.05, 4.69) is 13.0 Å². The number of carbonyl (C=O) groups is 1. The summed E-state index contributed by atoms with van der Waals surface area (Å²) >= 11 is 6.77. The highest BCUT2D eigenvalue weighted by Crippen LogP contribution is 2.35. The summed E-state index contributed by atoms with van der Waals surface area (Å²) < 4.78 is 6.60. The quantitative estimate of drug-likeness (QED) is 0.430. The molecule has 1 aromatic rings. The Morgan fingerprint density at radius 1 is 1.33 bits per heavy atom. The third kappa shape index (κ3) is 3.57. The van der Waals surface area contributed by atoms with E-state index in [1.807, 2.05) is 37.3 Å². The van der Waals surface area contributed by atoms with Crippen LogP contribution in [0.25, 0.3) is 6.08 Å². The number of benzene rings is 1. The molecule has 1 fully saturated rings. The van der Waals surface area contributed by atoms with Gasteiger partial charge < -0.3 is 4.74 Å². The van der Waals surface area contributed by atoms with Crippen LogP contribution < -0.4 is 4.74 Å². The van der Waals surface area contributed by atoms with E-state index in [1.165, 1.54) is 11.8 Å². The van der Waals surface area contributed by atoms with Crippen LogP contribution in [0.2, 0.25) is 0 Å². The van der Waals surface area contributed by atoms with E-state index >= 15 is 0 Å². The van der Waals surface area contributed by atoms with Gasteiger partial charge in [-0.25, -0.2) is 0 Å². The highest BCUT2D eigenvalue weighted by Gasteiger charge is 2.32. The Hall–Kier alpha value is -1.59. The van der Waals surface area contributed by atoms with E-state index in [-0.39, 0.29) is 12.0 Å². The Bertz CT molecular complexity index is 724. The summed E-state index contributed by atoms with van der Waals surface area (Å²) in [6.45, 7) is 4.86. The fraction of sp³-hybridized carbons (Fsp3) is 0.368. The summed E-state index contributed by atoms with van der Waals surface area (Å²) in [5.74, 6) is 0.905. The molecule has 24 heavy (non-hydrogen) atoms. The Morgan fingerprint density at radius 3 is 2.92 bits per heavy atom. The lowest BCUT2D eigenvalue weighted by Gasteiger charge is -2.23. The lowest BCUT2D eigenvalue weighted by molar-refractivity contribution is -0.122. The van der Waals surface area contributed by atoms with Gasteiger partial charge in [0.15, 0.2) is 0 Å². The number of unbranched alkanes of at least 4 members (excludes halogenated alkanes) is 2. The van der Waals surface area contributed by atoms with Gasteiger partial charge in [-0.05, 0) is 37.1 Å². The van der Waals surface area contributed by atoms with Gasteiger partial charge in [0, 0.05) is 12.1 Å². The Kier molecular flexibility index (Phi) is 5.41. The summed E-state index contributed by atoms with van der Waals surface area (Å²) in [4.78, 5) is 15.0. The summed E-state index contributed by atoms with van der Waals surface area (Å²) in [5.41, 5.74) is 2.04. The van der Waals surface area contributed by atoms with Gasteiger partial charge in [-0.3, -0.25) is 9.69 Å². The molecule has 1 amide bonds. The number of carbonyl (C=O) groups excluding carboxylic acids is 1. The molecular formula is C19H21NO2S2. The number of fused-ring (bicyclic) bond motifs is 1. The highest BCUT2D eigenvalue weighted by atomic mass is 32.2. The van der Waals surface area contributed by atoms with Crippen LogP contribution in [0.4, 0.5) is 0 Å². The first-order valence-electron chi connectivity index (χ1n) is 8.32. The van der Waals surface area contributed by atoms with Crippen molar-refractivity contribution in [1.29, 1.82) is 0 Å². The minimum Gasteiger partial charge on any atom is -0.485 e. The number of thioether (sulfide) groups is 1. The van der Waals surface area contributed by atoms with Gasteiger partial charge in [-0.15, -0.1) is 0 Å². The van der Waals surface area contributed by atoms with Gasteiger partial charge >= 0.3 is 0 Å². The van der Waals surface area contributed by atoms with E-state index < -0.39 is 0 Å². The summed E-state index contributed by atoms with van der Waals surface area (Å²) in [6, 6.07) is 7.93. The first-order chi connectivity index (χ1) is 11.6. The minimum absolute atomic E-state index is 0.0214. The molecule has 0 radical (unpaired) electrons. The topological polar surface area (TPSA) is 29.5 Å². The lowest BCUT2D eigenvalue weighted by atomic mass is 10.0. The molecule has 3 nitrogen and oxygen atoms in total. The molecule has 2 aliphatic heterocycles. The van der Waals surface area contributed by atoms with Crippen molar-refractivity contribution in [3.8, 4) is 5.75 Å². The third-order valence-electron chi connectivity index (χ3n) is 4.17. The molecule has 0 aromatic heterocycles. The van der Waals surface area contributed by atoms with Crippen molar-refractivity contribution in [3.63, 3.8) is 0 Å². The molecular weight excluding hydrogens is 338 g/mol. The van der Waals surface area contributed by atoms with Gasteiger partial charge in [0.05, 0.1) is 4.91 Å². The van der Waals surface area contributed by atoms with Gasteiger partial charge in [0.1, 0.15) is 16.2 Å². The largest absolute Gasteiger partial charge is 0.485 e. The number of hydrogen-bond donors (Lipinski definition) is 0. The van der Waals surface area contributed by atoms with E-state index in [4.69, 9.17) is 17.0 Å². The molecule has 0 spiro atoms. The molecule has 0 bridgehead atoms. The normalized spacial score (nSPS) is 21.8. The number of nitrogens with zero attached hydrogens (tertiary/aromatic N) is 1. The Labute approximate surface area is 152 Å². The van der Waals surface area contributed by atoms with Crippen LogP contribution in [-0.4, -0.2) is 27.8 Å². The van der Waals surface area contributed by atoms with Crippen molar-refractivity contribution in [1.82, 2.24) is 4.90 Å². The second-order valence-corrected chi connectivity index (χ2v) is 7.66. The SMILES string of the molecule is CCCCCN1C(=O)/C(=C\C2=Cc3ccccc3OC2C)SC1=S. The zero-order valence-corrected chi connectivity index (χ0v) is 15.6. The van der Waals surface area contributed by atoms with Gasteiger partial charge in [0.25, 0.3) is 5.91 Å². The zero-order chi connectivity index (χ0) is 17.1. The molecule has 1 unspecified atom stereocenters. The second kappa shape index (κ2) is 7.53. The number of para-hydroxylation sites is 1. The van der Waals surface area contributed by atoms with Crippen molar-refractivity contribution >= 4 is 40.3 Å². The molecule has 1 saturated heterocycles. The van der Waals surface area contributed by atoms with Crippen LogP contribution >= 0.6 is 24.0 Å². The average Bonchev–Trinajstić information content (AvgIpc) is 2.83. The number of rotatable bonds is 5. The second-order valence-electron chi connectivity index (χ2n) is 5.98. The monoisotopic (exact) mass is 359 g/mol. The maximum atomic E-state index is 12.6. The van der Waals surface area contributed by atoms with Crippen LogP contribution in [-0.2, 0) is 4.79 Å². The Morgan fingerprint density at radius 2 is 2.12 bits per heavy atom. The molecule has 0 saturated carbocycles. The predicted octanol–water partition coefficient (Wildman–Crippen LogP) is 4.79. The van der Waals surface area contributed by atoms with E-state index in [0.717, 1.165) is 36.1 Å². The summed E-state index contributed by atoms with van der Waals surface area (Å²) in [7, 11) is 0. The molecule has 1 atom stereocenters. The number of amides is 1. The maximum Gasteiger partial charge on any atom is 0.266 e. The van der Waals surface area contributed by atoms with E-state index in [9.17, 15) is 4.79 Å². The zero-order valence-electron chi connectivity index (χ0n) is 14.0. The first kappa shape index (κ1) is 17.2. The summed E-state index contributed by atoms with van der Waals surface area (Å²) in [6.07, 6.45) is 7.18. The van der Waals surface area contributed by atoms with Crippen LogP contribution in [0.3, 0.4) is 0 Å². The van der Waals surface area contributed by atoms with Crippen molar-refractivity contribution in [2.24, 2.45) is 0 Å². The molecule has 5 heteroatoms. The number of ether oxygens (including phenoxy) is 1. The van der Waals surface area contributed by atoms with Gasteiger partial charge in [-0.2, -0.15) is 0 Å². The van der Waals surface area contributed by atoms with Crippen LogP contribution in [0.5, 0.6) is 5.75 Å². The molecule has 2 heterocycles. The van der Waals surface area contributed by atoms with Crippen LogP contribution in [0.1, 0.15) is 38.7 Å². The van der Waals surface area contributed by atoms with Gasteiger partial charge in [-0.1, -0.05) is 61.9 Å². The number of thiocarbonyl (C=S) groups is 1. The van der Waals surface area contributed by atoms with Crippen molar-refractivity contribution in [2.75, 3.05) is 6.54 Å². The maximum absolute atomic E-state index is 12.6. The molecule has 0 aliphatic carbocycles. The molecule has 1 aromatic carbocycles. The van der Waals surface area contributed by atoms with Gasteiger partial charge in [0.2, 0.25) is 0 Å². The molecule has 3 rings (SSSR count). The van der Waals surface area contributed by atoms with Crippen LogP contribution in [0.15, 0.2) is 40.8 Å². The molecule has 0 N–H and O–H groups in total. The minimum atomic E-state index is -0.0801. The van der Waals surface area contributed by atoms with E-state index in [1.54, 1.807) is 4.90 Å². The Balaban J connectivity index is 1.80. The van der Waals surface area contributed by atoms with Crippen molar-refractivity contribution in [3.05, 3.63) is 46.4 Å². The number of hydrogen-bond acceptors (Lipinski definition) is 4. The fourth-order valence-corrected chi connectivity index (χ4v) is 4.09.